The molecule has 0 radical (unpaired) electrons. The highest BCUT2D eigenvalue weighted by molar-refractivity contribution is 5.28. The molecule has 3 nitrogen and oxygen atoms in total. The van der Waals surface area contributed by atoms with Crippen LogP contribution in [0.2, 0.25) is 0 Å². The van der Waals surface area contributed by atoms with Gasteiger partial charge in [0.05, 0.1) is 12.2 Å². The van der Waals surface area contributed by atoms with E-state index in [4.69, 9.17) is 0 Å². The predicted octanol–water partition coefficient (Wildman–Crippen LogP) is 2.64. The summed E-state index contributed by atoms with van der Waals surface area (Å²) in [7, 11) is 1.79. The van der Waals surface area contributed by atoms with Crippen LogP contribution >= 0.6 is 0 Å². The maximum absolute atomic E-state index is 12.2. The summed E-state index contributed by atoms with van der Waals surface area (Å²) < 4.78 is 38.3. The van der Waals surface area contributed by atoms with Gasteiger partial charge >= 0.3 is 6.18 Å². The maximum atomic E-state index is 12.2. The number of rotatable bonds is 4. The highest BCUT2D eigenvalue weighted by Gasteiger charge is 2.29. The summed E-state index contributed by atoms with van der Waals surface area (Å²) >= 11 is 0. The second kappa shape index (κ2) is 5.08. The van der Waals surface area contributed by atoms with Gasteiger partial charge in [0.25, 0.3) is 0 Å². The Labute approximate surface area is 99.0 Å². The maximum Gasteiger partial charge on any atom is 0.401 e. The van der Waals surface area contributed by atoms with Crippen molar-refractivity contribution in [3.8, 4) is 0 Å². The van der Waals surface area contributed by atoms with Crippen LogP contribution in [0.4, 0.5) is 13.2 Å². The molecule has 0 spiro atoms. The van der Waals surface area contributed by atoms with Crippen molar-refractivity contribution in [2.24, 2.45) is 7.05 Å². The summed E-state index contributed by atoms with van der Waals surface area (Å²) in [6, 6.07) is -0.301. The number of nitrogens with zero attached hydrogens (tertiary/aromatic N) is 2. The van der Waals surface area contributed by atoms with E-state index in [1.165, 1.54) is 0 Å². The number of alkyl halides is 3. The topological polar surface area (TPSA) is 29.9 Å². The quantitative estimate of drug-likeness (QED) is 0.889. The van der Waals surface area contributed by atoms with Crippen LogP contribution < -0.4 is 5.32 Å². The molecule has 1 atom stereocenters. The summed E-state index contributed by atoms with van der Waals surface area (Å²) in [5.74, 6) is 0. The molecule has 0 aliphatic carbocycles. The molecule has 0 aliphatic heterocycles. The van der Waals surface area contributed by atoms with Gasteiger partial charge in [0.15, 0.2) is 0 Å². The van der Waals surface area contributed by atoms with Crippen LogP contribution in [0.3, 0.4) is 0 Å². The van der Waals surface area contributed by atoms with Crippen molar-refractivity contribution in [1.82, 2.24) is 15.1 Å². The molecule has 0 bridgehead atoms. The third-order valence-corrected chi connectivity index (χ3v) is 2.87. The predicted molar refractivity (Wildman–Crippen MR) is 59.8 cm³/mol. The van der Waals surface area contributed by atoms with Crippen molar-refractivity contribution in [3.63, 3.8) is 0 Å². The van der Waals surface area contributed by atoms with E-state index in [0.717, 1.165) is 17.0 Å². The fraction of sp³-hybridized carbons (Fsp3) is 0.727. The van der Waals surface area contributed by atoms with Crippen LogP contribution in [0, 0.1) is 13.8 Å². The molecule has 1 rings (SSSR count). The Morgan fingerprint density at radius 3 is 2.29 bits per heavy atom. The lowest BCUT2D eigenvalue weighted by Crippen LogP contribution is -2.32. The van der Waals surface area contributed by atoms with E-state index in [1.807, 2.05) is 20.8 Å². The summed E-state index contributed by atoms with van der Waals surface area (Å²) in [5.41, 5.74) is 2.56. The van der Waals surface area contributed by atoms with E-state index >= 15 is 0 Å². The molecular weight excluding hydrogens is 231 g/mol. The molecule has 0 fully saturated rings. The molecule has 17 heavy (non-hydrogen) atoms. The lowest BCUT2D eigenvalue weighted by molar-refractivity contribution is -0.126. The van der Waals surface area contributed by atoms with Crippen LogP contribution in [0.5, 0.6) is 0 Å². The van der Waals surface area contributed by atoms with E-state index in [0.29, 0.717) is 6.42 Å². The van der Waals surface area contributed by atoms with Gasteiger partial charge in [0, 0.05) is 24.3 Å². The molecule has 1 aromatic rings. The van der Waals surface area contributed by atoms with Crippen LogP contribution in [-0.4, -0.2) is 22.5 Å². The van der Waals surface area contributed by atoms with Crippen LogP contribution in [-0.2, 0) is 7.05 Å². The fourth-order valence-electron chi connectivity index (χ4n) is 1.98. The van der Waals surface area contributed by atoms with Crippen LogP contribution in [0.25, 0.3) is 0 Å². The first-order chi connectivity index (χ1) is 7.76. The van der Waals surface area contributed by atoms with Crippen LogP contribution in [0.15, 0.2) is 0 Å². The lowest BCUT2D eigenvalue weighted by atomic mass is 10.0. The van der Waals surface area contributed by atoms with Gasteiger partial charge in [-0.2, -0.15) is 18.3 Å². The Morgan fingerprint density at radius 1 is 1.35 bits per heavy atom. The minimum atomic E-state index is -4.18. The van der Waals surface area contributed by atoms with Gasteiger partial charge in [0.1, 0.15) is 0 Å². The van der Waals surface area contributed by atoms with E-state index in [-0.39, 0.29) is 6.04 Å². The zero-order valence-electron chi connectivity index (χ0n) is 10.5. The van der Waals surface area contributed by atoms with Gasteiger partial charge in [0.2, 0.25) is 0 Å². The van der Waals surface area contributed by atoms with E-state index in [2.05, 4.69) is 10.4 Å². The third kappa shape index (κ3) is 3.46. The zero-order valence-corrected chi connectivity index (χ0v) is 10.5. The Kier molecular flexibility index (Phi) is 4.19. The SMILES string of the molecule is CC[C@H](NCC(F)(F)F)c1c(C)nn(C)c1C. The Balaban J connectivity index is 2.87. The van der Waals surface area contributed by atoms with Gasteiger partial charge in [-0.25, -0.2) is 0 Å². The molecule has 0 aromatic carbocycles. The Bertz CT molecular complexity index is 382. The largest absolute Gasteiger partial charge is 0.401 e. The molecule has 0 unspecified atom stereocenters. The average Bonchev–Trinajstić information content (AvgIpc) is 2.43. The number of aromatic nitrogens is 2. The standard InChI is InChI=1S/C11H18F3N3/c1-5-9(15-6-11(12,13)14)10-7(2)16-17(4)8(10)3/h9,15H,5-6H2,1-4H3/t9-/m0/s1. The normalized spacial score (nSPS) is 14.1. The number of hydrogen-bond acceptors (Lipinski definition) is 2. The molecule has 1 N–H and O–H groups in total. The van der Waals surface area contributed by atoms with Gasteiger partial charge in [-0.1, -0.05) is 6.92 Å². The number of halogens is 3. The molecule has 6 heteroatoms. The van der Waals surface area contributed by atoms with E-state index < -0.39 is 12.7 Å². The van der Waals surface area contributed by atoms with Crippen molar-refractivity contribution in [3.05, 3.63) is 17.0 Å². The molecule has 0 amide bonds. The second-order valence-corrected chi connectivity index (χ2v) is 4.17. The number of nitrogens with one attached hydrogen (secondary N) is 1. The van der Waals surface area contributed by atoms with Crippen molar-refractivity contribution >= 4 is 0 Å². The lowest BCUT2D eigenvalue weighted by Gasteiger charge is -2.19. The minimum Gasteiger partial charge on any atom is -0.302 e. The molecule has 0 saturated carbocycles. The highest BCUT2D eigenvalue weighted by Crippen LogP contribution is 2.25. The Hall–Kier alpha value is -1.04. The monoisotopic (exact) mass is 249 g/mol. The van der Waals surface area contributed by atoms with Crippen LogP contribution in [0.1, 0.15) is 36.3 Å². The van der Waals surface area contributed by atoms with Gasteiger partial charge in [-0.15, -0.1) is 0 Å². The molecule has 1 heterocycles. The Morgan fingerprint density at radius 2 is 1.94 bits per heavy atom. The molecule has 0 aliphatic rings. The third-order valence-electron chi connectivity index (χ3n) is 2.87. The van der Waals surface area contributed by atoms with Crippen molar-refractivity contribution in [2.75, 3.05) is 6.54 Å². The van der Waals surface area contributed by atoms with E-state index in [1.54, 1.807) is 11.7 Å². The average molecular weight is 249 g/mol. The van der Waals surface area contributed by atoms with Crippen molar-refractivity contribution < 1.29 is 13.2 Å². The number of aryl methyl sites for hydroxylation is 2. The minimum absolute atomic E-state index is 0.301. The molecule has 0 saturated heterocycles. The molecule has 98 valence electrons. The van der Waals surface area contributed by atoms with Crippen molar-refractivity contribution in [1.29, 1.82) is 0 Å². The zero-order chi connectivity index (χ0) is 13.2. The van der Waals surface area contributed by atoms with Gasteiger partial charge in [-0.05, 0) is 20.3 Å². The van der Waals surface area contributed by atoms with Crippen molar-refractivity contribution in [2.45, 2.75) is 39.4 Å². The first kappa shape index (κ1) is 14.0. The first-order valence-electron chi connectivity index (χ1n) is 5.56. The van der Waals surface area contributed by atoms with Gasteiger partial charge < -0.3 is 5.32 Å². The van der Waals surface area contributed by atoms with Gasteiger partial charge in [-0.3, -0.25) is 4.68 Å². The highest BCUT2D eigenvalue weighted by atomic mass is 19.4. The summed E-state index contributed by atoms with van der Waals surface area (Å²) in [6.45, 7) is 4.58. The fourth-order valence-corrected chi connectivity index (χ4v) is 1.98. The smallest absolute Gasteiger partial charge is 0.302 e. The number of hydrogen-bond donors (Lipinski definition) is 1. The summed E-state index contributed by atoms with van der Waals surface area (Å²) in [4.78, 5) is 0. The summed E-state index contributed by atoms with van der Waals surface area (Å²) in [5, 5.41) is 6.76. The molecular formula is C11H18F3N3. The molecule has 1 aromatic heterocycles. The summed E-state index contributed by atoms with van der Waals surface area (Å²) in [6.07, 6.45) is -3.58. The second-order valence-electron chi connectivity index (χ2n) is 4.17. The van der Waals surface area contributed by atoms with E-state index in [9.17, 15) is 13.2 Å². The first-order valence-corrected chi connectivity index (χ1v) is 5.56.